The Hall–Kier alpha value is -2.30. The molecule has 4 nitrogen and oxygen atoms in total. The van der Waals surface area contributed by atoms with E-state index in [2.05, 4.69) is 29.6 Å². The first kappa shape index (κ1) is 17.1. The first-order chi connectivity index (χ1) is 12.6. The van der Waals surface area contributed by atoms with Crippen LogP contribution < -0.4 is 15.0 Å². The molecular formula is C21H22ClN2O2+. The monoisotopic (exact) mass is 369 g/mol. The van der Waals surface area contributed by atoms with Crippen LogP contribution in [0.15, 0.2) is 48.5 Å². The Kier molecular flexibility index (Phi) is 4.70. The molecule has 0 saturated heterocycles. The van der Waals surface area contributed by atoms with Crippen LogP contribution >= 0.6 is 11.6 Å². The number of hydrogen-bond donors (Lipinski definition) is 2. The molecule has 2 N–H and O–H groups in total. The summed E-state index contributed by atoms with van der Waals surface area (Å²) in [5.74, 6) is 0.662. The highest BCUT2D eigenvalue weighted by atomic mass is 35.5. The third kappa shape index (κ3) is 3.62. The standard InChI is InChI=1S/C21H21ClN2O2/c1-14-21(25)23-19-12-15(2-7-20(19)26-14)13-24-10-8-17(9-11-24)16-3-5-18(22)6-4-16/h2-8,12,14H,9-11,13H2,1H3,(H,23,25)/p+1/t14-/m0/s1. The molecule has 1 unspecified atom stereocenters. The maximum atomic E-state index is 11.8. The van der Waals surface area contributed by atoms with Crippen LogP contribution in [0.4, 0.5) is 5.69 Å². The Labute approximate surface area is 158 Å². The topological polar surface area (TPSA) is 42.8 Å². The fourth-order valence-corrected chi connectivity index (χ4v) is 3.65. The summed E-state index contributed by atoms with van der Waals surface area (Å²) in [6, 6.07) is 14.2. The maximum Gasteiger partial charge on any atom is 0.265 e. The highest BCUT2D eigenvalue weighted by Gasteiger charge is 2.24. The van der Waals surface area contributed by atoms with Crippen molar-refractivity contribution < 1.29 is 14.4 Å². The molecule has 2 atom stereocenters. The van der Waals surface area contributed by atoms with Gasteiger partial charge in [-0.25, -0.2) is 0 Å². The predicted octanol–water partition coefficient (Wildman–Crippen LogP) is 2.93. The van der Waals surface area contributed by atoms with Crippen molar-refractivity contribution in [1.82, 2.24) is 0 Å². The lowest BCUT2D eigenvalue weighted by atomic mass is 9.99. The molecule has 2 heterocycles. The van der Waals surface area contributed by atoms with Gasteiger partial charge in [-0.15, -0.1) is 0 Å². The lowest BCUT2D eigenvalue weighted by molar-refractivity contribution is -0.908. The van der Waals surface area contributed by atoms with E-state index in [9.17, 15) is 4.79 Å². The zero-order valence-corrected chi connectivity index (χ0v) is 15.5. The molecule has 0 aliphatic carbocycles. The molecule has 1 amide bonds. The molecule has 0 saturated carbocycles. The molecule has 0 radical (unpaired) electrons. The number of rotatable bonds is 3. The summed E-state index contributed by atoms with van der Waals surface area (Å²) in [7, 11) is 0. The van der Waals surface area contributed by atoms with Crippen LogP contribution in [-0.4, -0.2) is 25.1 Å². The molecule has 0 fully saturated rings. The minimum atomic E-state index is -0.433. The minimum Gasteiger partial charge on any atom is -0.479 e. The summed E-state index contributed by atoms with van der Waals surface area (Å²) < 4.78 is 5.62. The molecule has 134 valence electrons. The van der Waals surface area contributed by atoms with Crippen molar-refractivity contribution in [2.45, 2.75) is 26.0 Å². The number of amides is 1. The van der Waals surface area contributed by atoms with Crippen molar-refractivity contribution in [1.29, 1.82) is 0 Å². The van der Waals surface area contributed by atoms with Gasteiger partial charge in [0.25, 0.3) is 5.91 Å². The Balaban J connectivity index is 1.42. The number of quaternary nitrogens is 1. The molecule has 4 rings (SSSR count). The van der Waals surface area contributed by atoms with Crippen molar-refractivity contribution >= 4 is 28.8 Å². The molecule has 0 aromatic heterocycles. The largest absolute Gasteiger partial charge is 0.479 e. The third-order valence-electron chi connectivity index (χ3n) is 5.03. The van der Waals surface area contributed by atoms with Gasteiger partial charge in [0.2, 0.25) is 0 Å². The van der Waals surface area contributed by atoms with E-state index in [0.717, 1.165) is 42.5 Å². The Morgan fingerprint density at radius 1 is 1.23 bits per heavy atom. The predicted molar refractivity (Wildman–Crippen MR) is 104 cm³/mol. The number of benzene rings is 2. The van der Waals surface area contributed by atoms with Gasteiger partial charge in [0.15, 0.2) is 6.10 Å². The zero-order valence-electron chi connectivity index (χ0n) is 14.7. The van der Waals surface area contributed by atoms with E-state index in [-0.39, 0.29) is 5.91 Å². The quantitative estimate of drug-likeness (QED) is 0.873. The van der Waals surface area contributed by atoms with Gasteiger partial charge in [0.05, 0.1) is 18.8 Å². The molecular weight excluding hydrogens is 348 g/mol. The van der Waals surface area contributed by atoms with Crippen LogP contribution in [0.1, 0.15) is 24.5 Å². The average molecular weight is 370 g/mol. The number of fused-ring (bicyclic) bond motifs is 1. The Bertz CT molecular complexity index is 861. The van der Waals surface area contributed by atoms with Gasteiger partial charge in [-0.3, -0.25) is 4.79 Å². The summed E-state index contributed by atoms with van der Waals surface area (Å²) in [5, 5.41) is 3.70. The lowest BCUT2D eigenvalue weighted by Gasteiger charge is -2.26. The van der Waals surface area contributed by atoms with Crippen molar-refractivity contribution in [2.75, 3.05) is 18.4 Å². The van der Waals surface area contributed by atoms with Gasteiger partial charge in [0, 0.05) is 17.0 Å². The number of anilines is 1. The van der Waals surface area contributed by atoms with Crippen LogP contribution in [0.5, 0.6) is 5.75 Å². The second kappa shape index (κ2) is 7.14. The summed E-state index contributed by atoms with van der Waals surface area (Å²) in [5.41, 5.74) is 4.64. The van der Waals surface area contributed by atoms with Crippen molar-refractivity contribution in [2.24, 2.45) is 0 Å². The van der Waals surface area contributed by atoms with E-state index in [1.54, 1.807) is 6.92 Å². The summed E-state index contributed by atoms with van der Waals surface area (Å²) in [6.07, 6.45) is 2.95. The van der Waals surface area contributed by atoms with Gasteiger partial charge in [-0.05, 0) is 54.5 Å². The van der Waals surface area contributed by atoms with Crippen molar-refractivity contribution in [3.8, 4) is 5.75 Å². The molecule has 0 bridgehead atoms. The maximum absolute atomic E-state index is 11.8. The fourth-order valence-electron chi connectivity index (χ4n) is 3.52. The molecule has 26 heavy (non-hydrogen) atoms. The number of carbonyl (C=O) groups excluding carboxylic acids is 1. The van der Waals surface area contributed by atoms with Gasteiger partial charge in [0.1, 0.15) is 12.3 Å². The molecule has 2 aliphatic heterocycles. The van der Waals surface area contributed by atoms with Gasteiger partial charge >= 0.3 is 0 Å². The molecule has 2 aliphatic rings. The van der Waals surface area contributed by atoms with E-state index in [0.29, 0.717) is 0 Å². The van der Waals surface area contributed by atoms with Crippen LogP contribution in [-0.2, 0) is 11.3 Å². The third-order valence-corrected chi connectivity index (χ3v) is 5.28. The SMILES string of the molecule is C[C@@H]1Oc2ccc(C[NH+]3CC=C(c4ccc(Cl)cc4)CC3)cc2NC1=O. The number of halogens is 1. The van der Waals surface area contributed by atoms with Gasteiger partial charge in [-0.2, -0.15) is 0 Å². The molecule has 5 heteroatoms. The van der Waals surface area contributed by atoms with Crippen molar-refractivity contribution in [3.05, 3.63) is 64.7 Å². The van der Waals surface area contributed by atoms with Crippen LogP contribution in [0, 0.1) is 0 Å². The molecule has 2 aromatic carbocycles. The molecule has 2 aromatic rings. The number of hydrogen-bond acceptors (Lipinski definition) is 2. The summed E-state index contributed by atoms with van der Waals surface area (Å²) in [4.78, 5) is 13.3. The van der Waals surface area contributed by atoms with Crippen LogP contribution in [0.25, 0.3) is 5.57 Å². The Morgan fingerprint density at radius 3 is 2.77 bits per heavy atom. The normalized spacial score (nSPS) is 22.1. The number of nitrogens with one attached hydrogen (secondary N) is 2. The minimum absolute atomic E-state index is 0.0875. The zero-order chi connectivity index (χ0) is 18.1. The Morgan fingerprint density at radius 2 is 2.04 bits per heavy atom. The van der Waals surface area contributed by atoms with Crippen LogP contribution in [0.2, 0.25) is 5.02 Å². The summed E-state index contributed by atoms with van der Waals surface area (Å²) in [6.45, 7) is 4.78. The van der Waals surface area contributed by atoms with E-state index >= 15 is 0 Å². The van der Waals surface area contributed by atoms with Crippen molar-refractivity contribution in [3.63, 3.8) is 0 Å². The first-order valence-corrected chi connectivity index (χ1v) is 9.35. The second-order valence-electron chi connectivity index (χ2n) is 6.95. The smallest absolute Gasteiger partial charge is 0.265 e. The van der Waals surface area contributed by atoms with Gasteiger partial charge in [-0.1, -0.05) is 23.7 Å². The van der Waals surface area contributed by atoms with E-state index in [1.165, 1.54) is 21.6 Å². The van der Waals surface area contributed by atoms with E-state index in [4.69, 9.17) is 16.3 Å². The van der Waals surface area contributed by atoms with Gasteiger partial charge < -0.3 is 15.0 Å². The molecule has 0 spiro atoms. The highest BCUT2D eigenvalue weighted by Crippen LogP contribution is 2.30. The summed E-state index contributed by atoms with van der Waals surface area (Å²) >= 11 is 5.97. The number of ether oxygens (including phenoxy) is 1. The first-order valence-electron chi connectivity index (χ1n) is 8.97. The second-order valence-corrected chi connectivity index (χ2v) is 7.38. The fraction of sp³-hybridized carbons (Fsp3) is 0.286. The average Bonchev–Trinajstić information content (AvgIpc) is 2.64. The van der Waals surface area contributed by atoms with Crippen LogP contribution in [0.3, 0.4) is 0 Å². The lowest BCUT2D eigenvalue weighted by Crippen LogP contribution is -3.11. The van der Waals surface area contributed by atoms with E-state index in [1.807, 2.05) is 24.3 Å². The number of carbonyl (C=O) groups is 1. The van der Waals surface area contributed by atoms with E-state index < -0.39 is 6.10 Å². The highest BCUT2D eigenvalue weighted by molar-refractivity contribution is 6.30.